The van der Waals surface area contributed by atoms with E-state index in [1.807, 2.05) is 0 Å². The Kier molecular flexibility index (Phi) is 4.14. The topological polar surface area (TPSA) is 120 Å². The summed E-state index contributed by atoms with van der Waals surface area (Å²) in [5.74, 6) is -0.436. The number of carbonyl (C=O) groups is 1. The molecule has 8 nitrogen and oxygen atoms in total. The van der Waals surface area contributed by atoms with Crippen molar-refractivity contribution in [3.63, 3.8) is 0 Å². The molecule has 1 amide bonds. The fraction of sp³-hybridized carbons (Fsp3) is 0.500. The summed E-state index contributed by atoms with van der Waals surface area (Å²) < 4.78 is 5.22. The zero-order valence-corrected chi connectivity index (χ0v) is 11.0. The van der Waals surface area contributed by atoms with Gasteiger partial charge in [0.15, 0.2) is 0 Å². The third kappa shape index (κ3) is 3.02. The fourth-order valence-corrected chi connectivity index (χ4v) is 2.34. The van der Waals surface area contributed by atoms with Gasteiger partial charge in [-0.2, -0.15) is 0 Å². The first kappa shape index (κ1) is 14.2. The molecule has 1 aromatic rings. The summed E-state index contributed by atoms with van der Waals surface area (Å²) in [6, 6.07) is 1.18. The summed E-state index contributed by atoms with van der Waals surface area (Å²) in [6.45, 7) is 0. The van der Waals surface area contributed by atoms with E-state index in [9.17, 15) is 14.9 Å². The second-order valence-corrected chi connectivity index (χ2v) is 4.72. The number of nitrogens with one attached hydrogen (secondary N) is 1. The predicted octanol–water partition coefficient (Wildman–Crippen LogP) is 0.869. The van der Waals surface area contributed by atoms with Crippen LogP contribution in [0, 0.1) is 10.1 Å². The number of methoxy groups -OCH3 is 1. The zero-order chi connectivity index (χ0) is 14.7. The Bertz CT molecular complexity index is 534. The van der Waals surface area contributed by atoms with E-state index in [4.69, 9.17) is 10.5 Å². The molecule has 0 spiro atoms. The molecule has 108 valence electrons. The molecule has 0 saturated heterocycles. The third-order valence-electron chi connectivity index (χ3n) is 3.40. The minimum absolute atomic E-state index is 0.0403. The summed E-state index contributed by atoms with van der Waals surface area (Å²) in [7, 11) is 1.63. The largest absolute Gasteiger partial charge is 0.384 e. The standard InChI is InChI=1S/C12H16N4O4/c1-20-8-3-2-7(4-8)15-12(17)9-5-11(13)14-6-10(9)16(18)19/h5-8H,2-4H2,1H3,(H2,13,14)(H,15,17). The summed E-state index contributed by atoms with van der Waals surface area (Å²) in [5.41, 5.74) is 5.07. The summed E-state index contributed by atoms with van der Waals surface area (Å²) in [6.07, 6.45) is 3.48. The van der Waals surface area contributed by atoms with Crippen LogP contribution in [0.4, 0.5) is 11.5 Å². The molecule has 0 bridgehead atoms. The average Bonchev–Trinajstić information content (AvgIpc) is 2.85. The van der Waals surface area contributed by atoms with Gasteiger partial charge in [-0.25, -0.2) is 4.98 Å². The average molecular weight is 280 g/mol. The van der Waals surface area contributed by atoms with Crippen molar-refractivity contribution in [3.05, 3.63) is 27.9 Å². The van der Waals surface area contributed by atoms with Crippen LogP contribution in [0.25, 0.3) is 0 Å². The number of ether oxygens (including phenoxy) is 1. The van der Waals surface area contributed by atoms with E-state index >= 15 is 0 Å². The van der Waals surface area contributed by atoms with E-state index < -0.39 is 10.8 Å². The second-order valence-electron chi connectivity index (χ2n) is 4.72. The molecular weight excluding hydrogens is 264 g/mol. The van der Waals surface area contributed by atoms with Crippen LogP contribution in [0.3, 0.4) is 0 Å². The Balaban J connectivity index is 2.13. The Hall–Kier alpha value is -2.22. The van der Waals surface area contributed by atoms with Crippen LogP contribution in [0.2, 0.25) is 0 Å². The number of aromatic nitrogens is 1. The predicted molar refractivity (Wildman–Crippen MR) is 71.2 cm³/mol. The van der Waals surface area contributed by atoms with Crippen LogP contribution in [0.1, 0.15) is 29.6 Å². The van der Waals surface area contributed by atoms with E-state index in [0.29, 0.717) is 6.42 Å². The second kappa shape index (κ2) is 5.83. The van der Waals surface area contributed by atoms with E-state index in [2.05, 4.69) is 10.3 Å². The summed E-state index contributed by atoms with van der Waals surface area (Å²) in [4.78, 5) is 26.0. The monoisotopic (exact) mass is 280 g/mol. The first-order valence-corrected chi connectivity index (χ1v) is 6.25. The lowest BCUT2D eigenvalue weighted by Gasteiger charge is -2.13. The van der Waals surface area contributed by atoms with Crippen LogP contribution < -0.4 is 11.1 Å². The number of carbonyl (C=O) groups excluding carboxylic acids is 1. The molecule has 8 heteroatoms. The first-order chi connectivity index (χ1) is 9.51. The summed E-state index contributed by atoms with van der Waals surface area (Å²) >= 11 is 0. The highest BCUT2D eigenvalue weighted by atomic mass is 16.6. The fourth-order valence-electron chi connectivity index (χ4n) is 2.34. The van der Waals surface area contributed by atoms with Crippen LogP contribution in [-0.4, -0.2) is 35.1 Å². The van der Waals surface area contributed by atoms with E-state index in [1.54, 1.807) is 7.11 Å². The number of nitrogen functional groups attached to an aromatic ring is 1. The van der Waals surface area contributed by atoms with Crippen LogP contribution in [-0.2, 0) is 4.74 Å². The molecule has 2 rings (SSSR count). The van der Waals surface area contributed by atoms with Gasteiger partial charge in [0.2, 0.25) is 0 Å². The van der Waals surface area contributed by atoms with Gasteiger partial charge in [0, 0.05) is 13.2 Å². The smallest absolute Gasteiger partial charge is 0.300 e. The van der Waals surface area contributed by atoms with Gasteiger partial charge in [0.05, 0.1) is 11.0 Å². The van der Waals surface area contributed by atoms with Gasteiger partial charge in [-0.15, -0.1) is 0 Å². The van der Waals surface area contributed by atoms with Crippen LogP contribution in [0.15, 0.2) is 12.3 Å². The molecular formula is C12H16N4O4. The molecule has 2 atom stereocenters. The van der Waals surface area contributed by atoms with Crippen molar-refractivity contribution in [2.45, 2.75) is 31.4 Å². The normalized spacial score (nSPS) is 21.6. The number of pyridine rings is 1. The van der Waals surface area contributed by atoms with Crippen molar-refractivity contribution >= 4 is 17.4 Å². The lowest BCUT2D eigenvalue weighted by atomic mass is 10.1. The van der Waals surface area contributed by atoms with E-state index in [0.717, 1.165) is 19.0 Å². The van der Waals surface area contributed by atoms with Gasteiger partial charge < -0.3 is 15.8 Å². The quantitative estimate of drug-likeness (QED) is 0.623. The maximum atomic E-state index is 12.1. The van der Waals surface area contributed by atoms with Crippen molar-refractivity contribution in [1.82, 2.24) is 10.3 Å². The minimum Gasteiger partial charge on any atom is -0.384 e. The Labute approximate surface area is 115 Å². The van der Waals surface area contributed by atoms with Gasteiger partial charge in [-0.1, -0.05) is 0 Å². The van der Waals surface area contributed by atoms with Gasteiger partial charge in [0.1, 0.15) is 17.6 Å². The highest BCUT2D eigenvalue weighted by molar-refractivity contribution is 5.98. The molecule has 20 heavy (non-hydrogen) atoms. The number of amides is 1. The lowest BCUT2D eigenvalue weighted by molar-refractivity contribution is -0.385. The highest BCUT2D eigenvalue weighted by Gasteiger charge is 2.28. The van der Waals surface area contributed by atoms with Gasteiger partial charge in [-0.05, 0) is 25.3 Å². The van der Waals surface area contributed by atoms with E-state index in [1.165, 1.54) is 6.07 Å². The maximum absolute atomic E-state index is 12.1. The molecule has 1 heterocycles. The number of nitro groups is 1. The van der Waals surface area contributed by atoms with Gasteiger partial charge >= 0.3 is 0 Å². The van der Waals surface area contributed by atoms with Crippen LogP contribution in [0.5, 0.6) is 0 Å². The number of nitrogens with two attached hydrogens (primary N) is 1. The molecule has 0 aromatic carbocycles. The number of nitrogens with zero attached hydrogens (tertiary/aromatic N) is 2. The van der Waals surface area contributed by atoms with Crippen molar-refractivity contribution in [2.75, 3.05) is 12.8 Å². The maximum Gasteiger partial charge on any atom is 0.300 e. The Morgan fingerprint density at radius 3 is 2.95 bits per heavy atom. The third-order valence-corrected chi connectivity index (χ3v) is 3.40. The summed E-state index contributed by atoms with van der Waals surface area (Å²) in [5, 5.41) is 13.7. The minimum atomic E-state index is -0.645. The SMILES string of the molecule is COC1CCC(NC(=O)c2cc(N)ncc2[N+](=O)[O-])C1. The van der Waals surface area contributed by atoms with Crippen molar-refractivity contribution < 1.29 is 14.5 Å². The molecule has 1 fully saturated rings. The number of anilines is 1. The molecule has 0 radical (unpaired) electrons. The number of hydrogen-bond donors (Lipinski definition) is 2. The molecule has 1 saturated carbocycles. The van der Waals surface area contributed by atoms with Gasteiger partial charge in [-0.3, -0.25) is 14.9 Å². The van der Waals surface area contributed by atoms with Crippen molar-refractivity contribution in [1.29, 1.82) is 0 Å². The van der Waals surface area contributed by atoms with E-state index in [-0.39, 0.29) is 29.2 Å². The molecule has 0 aliphatic heterocycles. The number of hydrogen-bond acceptors (Lipinski definition) is 6. The Morgan fingerprint density at radius 1 is 1.60 bits per heavy atom. The van der Waals surface area contributed by atoms with Gasteiger partial charge in [0.25, 0.3) is 11.6 Å². The molecule has 1 aromatic heterocycles. The zero-order valence-electron chi connectivity index (χ0n) is 11.0. The van der Waals surface area contributed by atoms with Crippen LogP contribution >= 0.6 is 0 Å². The lowest BCUT2D eigenvalue weighted by Crippen LogP contribution is -2.33. The van der Waals surface area contributed by atoms with Crippen molar-refractivity contribution in [2.24, 2.45) is 0 Å². The Morgan fingerprint density at radius 2 is 2.35 bits per heavy atom. The molecule has 3 N–H and O–H groups in total. The first-order valence-electron chi connectivity index (χ1n) is 6.25. The molecule has 2 unspecified atom stereocenters. The molecule has 1 aliphatic rings. The van der Waals surface area contributed by atoms with Crippen molar-refractivity contribution in [3.8, 4) is 0 Å². The highest BCUT2D eigenvalue weighted by Crippen LogP contribution is 2.23. The number of rotatable bonds is 4. The molecule has 1 aliphatic carbocycles.